The van der Waals surface area contributed by atoms with Crippen LogP contribution in [0.4, 0.5) is 0 Å². The first kappa shape index (κ1) is 18.8. The molecule has 0 aliphatic heterocycles. The van der Waals surface area contributed by atoms with Gasteiger partial charge in [-0.25, -0.2) is 0 Å². The van der Waals surface area contributed by atoms with Crippen molar-refractivity contribution in [2.45, 2.75) is 56.9 Å². The van der Waals surface area contributed by atoms with Gasteiger partial charge in [-0.15, -0.1) is 11.8 Å². The van der Waals surface area contributed by atoms with Gasteiger partial charge in [0.05, 0.1) is 0 Å². The molecule has 1 aromatic carbocycles. The van der Waals surface area contributed by atoms with E-state index in [1.54, 1.807) is 0 Å². The van der Waals surface area contributed by atoms with Crippen molar-refractivity contribution >= 4 is 11.8 Å². The normalized spacial score (nSPS) is 15.8. The van der Waals surface area contributed by atoms with Crippen LogP contribution in [0.5, 0.6) is 0 Å². The van der Waals surface area contributed by atoms with Gasteiger partial charge in [0.1, 0.15) is 0 Å². The van der Waals surface area contributed by atoms with Crippen molar-refractivity contribution in [3.63, 3.8) is 0 Å². The zero-order chi connectivity index (χ0) is 16.3. The first-order valence-electron chi connectivity index (χ1n) is 9.38. The molecule has 0 aromatic heterocycles. The van der Waals surface area contributed by atoms with E-state index in [0.717, 1.165) is 19.0 Å². The fraction of sp³-hybridized carbons (Fsp3) is 0.700. The van der Waals surface area contributed by atoms with Crippen LogP contribution in [0.1, 0.15) is 46.0 Å². The second kappa shape index (κ2) is 11.1. The van der Waals surface area contributed by atoms with Gasteiger partial charge >= 0.3 is 0 Å². The van der Waals surface area contributed by atoms with Crippen molar-refractivity contribution in [2.75, 3.05) is 31.9 Å². The highest BCUT2D eigenvalue weighted by Gasteiger charge is 2.19. The zero-order valence-corrected chi connectivity index (χ0v) is 15.8. The van der Waals surface area contributed by atoms with Crippen LogP contribution in [0.2, 0.25) is 0 Å². The Kier molecular flexibility index (Phi) is 9.10. The summed E-state index contributed by atoms with van der Waals surface area (Å²) in [6, 6.07) is 11.4. The number of nitrogens with zero attached hydrogens (tertiary/aromatic N) is 1. The molecular formula is C20H34N2S. The molecule has 2 rings (SSSR count). The third-order valence-electron chi connectivity index (χ3n) is 4.78. The molecule has 0 unspecified atom stereocenters. The lowest BCUT2D eigenvalue weighted by molar-refractivity contribution is 0.188. The second-order valence-corrected chi connectivity index (χ2v) is 8.17. The van der Waals surface area contributed by atoms with E-state index >= 15 is 0 Å². The van der Waals surface area contributed by atoms with Gasteiger partial charge in [-0.1, -0.05) is 31.0 Å². The van der Waals surface area contributed by atoms with Gasteiger partial charge in [0.2, 0.25) is 0 Å². The molecule has 130 valence electrons. The molecule has 1 fully saturated rings. The molecule has 0 amide bonds. The Balaban J connectivity index is 1.51. The van der Waals surface area contributed by atoms with Crippen LogP contribution in [0.25, 0.3) is 0 Å². The Labute approximate surface area is 147 Å². The van der Waals surface area contributed by atoms with Crippen LogP contribution in [-0.4, -0.2) is 42.9 Å². The molecule has 2 nitrogen and oxygen atoms in total. The Hall–Kier alpha value is -0.510. The number of hydrogen-bond acceptors (Lipinski definition) is 3. The van der Waals surface area contributed by atoms with E-state index in [2.05, 4.69) is 54.4 Å². The van der Waals surface area contributed by atoms with E-state index in [0.29, 0.717) is 6.04 Å². The average Bonchev–Trinajstić information content (AvgIpc) is 3.06. The number of thioether (sulfide) groups is 1. The molecular weight excluding hydrogens is 300 g/mol. The minimum absolute atomic E-state index is 0.672. The lowest BCUT2D eigenvalue weighted by Gasteiger charge is -2.29. The molecule has 0 spiro atoms. The van der Waals surface area contributed by atoms with Crippen molar-refractivity contribution in [1.29, 1.82) is 0 Å². The van der Waals surface area contributed by atoms with Gasteiger partial charge in [-0.2, -0.15) is 0 Å². The maximum atomic E-state index is 3.63. The van der Waals surface area contributed by atoms with Gasteiger partial charge in [-0.3, -0.25) is 4.90 Å². The SMILES string of the molecule is CC(C)N(CCNCCCSc1ccccc1)CC1CCCC1. The number of nitrogens with one attached hydrogen (secondary N) is 1. The Morgan fingerprint density at radius 2 is 1.87 bits per heavy atom. The summed E-state index contributed by atoms with van der Waals surface area (Å²) in [5, 5.41) is 3.63. The highest BCUT2D eigenvalue weighted by molar-refractivity contribution is 7.99. The minimum atomic E-state index is 0.672. The molecule has 0 saturated heterocycles. The van der Waals surface area contributed by atoms with E-state index in [1.165, 1.54) is 55.8 Å². The van der Waals surface area contributed by atoms with Gasteiger partial charge in [0.25, 0.3) is 0 Å². The predicted molar refractivity (Wildman–Crippen MR) is 103 cm³/mol. The molecule has 1 aliphatic rings. The van der Waals surface area contributed by atoms with E-state index in [9.17, 15) is 0 Å². The second-order valence-electron chi connectivity index (χ2n) is 7.00. The summed E-state index contributed by atoms with van der Waals surface area (Å²) in [6.45, 7) is 9.44. The first-order chi connectivity index (χ1) is 11.3. The Morgan fingerprint density at radius 1 is 1.13 bits per heavy atom. The van der Waals surface area contributed by atoms with Crippen LogP contribution >= 0.6 is 11.8 Å². The summed E-state index contributed by atoms with van der Waals surface area (Å²) in [5.41, 5.74) is 0. The maximum absolute atomic E-state index is 3.63. The van der Waals surface area contributed by atoms with Crippen LogP contribution in [0, 0.1) is 5.92 Å². The molecule has 1 aromatic rings. The number of benzene rings is 1. The van der Waals surface area contributed by atoms with Crippen molar-refractivity contribution < 1.29 is 0 Å². The highest BCUT2D eigenvalue weighted by Crippen LogP contribution is 2.25. The Bertz CT molecular complexity index is 401. The summed E-state index contributed by atoms with van der Waals surface area (Å²) in [5.74, 6) is 2.16. The fourth-order valence-electron chi connectivity index (χ4n) is 3.34. The first-order valence-corrected chi connectivity index (χ1v) is 10.4. The molecule has 0 radical (unpaired) electrons. The lowest BCUT2D eigenvalue weighted by Crippen LogP contribution is -2.39. The van der Waals surface area contributed by atoms with Crippen LogP contribution in [0.15, 0.2) is 35.2 Å². The van der Waals surface area contributed by atoms with E-state index in [-0.39, 0.29) is 0 Å². The third-order valence-corrected chi connectivity index (χ3v) is 5.88. The van der Waals surface area contributed by atoms with Crippen molar-refractivity contribution in [1.82, 2.24) is 10.2 Å². The molecule has 1 N–H and O–H groups in total. The summed E-state index contributed by atoms with van der Waals surface area (Å²) in [7, 11) is 0. The summed E-state index contributed by atoms with van der Waals surface area (Å²) < 4.78 is 0. The van der Waals surface area contributed by atoms with Crippen LogP contribution < -0.4 is 5.32 Å². The minimum Gasteiger partial charge on any atom is -0.315 e. The van der Waals surface area contributed by atoms with Gasteiger partial charge in [-0.05, 0) is 63.5 Å². The zero-order valence-electron chi connectivity index (χ0n) is 15.0. The molecule has 1 saturated carbocycles. The number of rotatable bonds is 11. The van der Waals surface area contributed by atoms with E-state index in [1.807, 2.05) is 11.8 Å². The summed E-state index contributed by atoms with van der Waals surface area (Å²) in [6.07, 6.45) is 7.05. The molecule has 0 atom stereocenters. The third kappa shape index (κ3) is 7.73. The van der Waals surface area contributed by atoms with Crippen molar-refractivity contribution in [2.24, 2.45) is 5.92 Å². The smallest absolute Gasteiger partial charge is 0.0110 e. The maximum Gasteiger partial charge on any atom is 0.0110 e. The molecule has 0 heterocycles. The predicted octanol–water partition coefficient (Wildman–Crippen LogP) is 4.66. The van der Waals surface area contributed by atoms with Crippen molar-refractivity contribution in [3.8, 4) is 0 Å². The van der Waals surface area contributed by atoms with Crippen molar-refractivity contribution in [3.05, 3.63) is 30.3 Å². The monoisotopic (exact) mass is 334 g/mol. The molecule has 0 bridgehead atoms. The largest absolute Gasteiger partial charge is 0.315 e. The summed E-state index contributed by atoms with van der Waals surface area (Å²) in [4.78, 5) is 4.05. The highest BCUT2D eigenvalue weighted by atomic mass is 32.2. The molecule has 3 heteroatoms. The fourth-order valence-corrected chi connectivity index (χ4v) is 4.21. The summed E-state index contributed by atoms with van der Waals surface area (Å²) >= 11 is 1.96. The molecule has 1 aliphatic carbocycles. The quantitative estimate of drug-likeness (QED) is 0.468. The number of hydrogen-bond donors (Lipinski definition) is 1. The average molecular weight is 335 g/mol. The lowest BCUT2D eigenvalue weighted by atomic mass is 10.1. The van der Waals surface area contributed by atoms with E-state index < -0.39 is 0 Å². The van der Waals surface area contributed by atoms with Crippen LogP contribution in [0.3, 0.4) is 0 Å². The van der Waals surface area contributed by atoms with Gasteiger partial charge in [0, 0.05) is 30.6 Å². The van der Waals surface area contributed by atoms with Gasteiger partial charge in [0.15, 0.2) is 0 Å². The topological polar surface area (TPSA) is 15.3 Å². The Morgan fingerprint density at radius 3 is 2.57 bits per heavy atom. The molecule has 23 heavy (non-hydrogen) atoms. The van der Waals surface area contributed by atoms with E-state index in [4.69, 9.17) is 0 Å². The standard InChI is InChI=1S/C20H34N2S/c1-18(2)22(17-19-9-6-7-10-19)15-14-21-13-8-16-23-20-11-4-3-5-12-20/h3-5,11-12,18-19,21H,6-10,13-17H2,1-2H3. The van der Waals surface area contributed by atoms with Crippen LogP contribution in [-0.2, 0) is 0 Å². The van der Waals surface area contributed by atoms with Gasteiger partial charge < -0.3 is 5.32 Å².